The summed E-state index contributed by atoms with van der Waals surface area (Å²) >= 11 is 2.93. The molecule has 120 valence electrons. The fourth-order valence-corrected chi connectivity index (χ4v) is 3.37. The second kappa shape index (κ2) is 8.09. The van der Waals surface area contributed by atoms with Crippen LogP contribution in [0.25, 0.3) is 5.57 Å². The number of allylic oxidation sites excluding steroid dienone is 1. The summed E-state index contributed by atoms with van der Waals surface area (Å²) in [4.78, 5) is 18.0. The van der Waals surface area contributed by atoms with Gasteiger partial charge in [-0.25, -0.2) is 0 Å². The second-order valence-corrected chi connectivity index (χ2v) is 6.98. The summed E-state index contributed by atoms with van der Waals surface area (Å²) in [6.45, 7) is 7.35. The average Bonchev–Trinajstić information content (AvgIpc) is 2.96. The highest BCUT2D eigenvalue weighted by Gasteiger charge is 2.32. The predicted octanol–water partition coefficient (Wildman–Crippen LogP) is 2.40. The minimum Gasteiger partial charge on any atom is -0.404 e. The number of thioether (sulfide) groups is 1. The molecule has 1 amide bonds. The molecule has 0 aliphatic heterocycles. The van der Waals surface area contributed by atoms with Crippen LogP contribution in [0, 0.1) is 5.41 Å². The SMILES string of the molecule is C=CN=C/C(=C\N)c1nnc(N(C)C(=O)C(C)(C)CSC)s1. The summed E-state index contributed by atoms with van der Waals surface area (Å²) < 4.78 is 0. The zero-order chi connectivity index (χ0) is 16.8. The van der Waals surface area contributed by atoms with E-state index in [0.717, 1.165) is 5.75 Å². The van der Waals surface area contributed by atoms with Crippen LogP contribution in [0.1, 0.15) is 18.9 Å². The van der Waals surface area contributed by atoms with Crippen molar-refractivity contribution in [3.05, 3.63) is 24.0 Å². The van der Waals surface area contributed by atoms with E-state index < -0.39 is 5.41 Å². The van der Waals surface area contributed by atoms with E-state index in [1.165, 1.54) is 28.6 Å². The van der Waals surface area contributed by atoms with Crippen molar-refractivity contribution in [3.8, 4) is 0 Å². The summed E-state index contributed by atoms with van der Waals surface area (Å²) in [6.07, 6.45) is 6.34. The van der Waals surface area contributed by atoms with Gasteiger partial charge in [-0.05, 0) is 6.26 Å². The van der Waals surface area contributed by atoms with Crippen LogP contribution in [0.15, 0.2) is 24.0 Å². The molecule has 0 saturated carbocycles. The maximum absolute atomic E-state index is 12.5. The van der Waals surface area contributed by atoms with E-state index in [2.05, 4.69) is 21.8 Å². The molecule has 1 aromatic heterocycles. The highest BCUT2D eigenvalue weighted by atomic mass is 32.2. The minimum atomic E-state index is -0.461. The third-order valence-corrected chi connectivity index (χ3v) is 4.89. The predicted molar refractivity (Wildman–Crippen MR) is 96.3 cm³/mol. The Balaban J connectivity index is 2.98. The Bertz CT molecular complexity index is 592. The molecule has 1 aromatic rings. The van der Waals surface area contributed by atoms with Gasteiger partial charge in [-0.15, -0.1) is 10.2 Å². The Hall–Kier alpha value is -1.67. The maximum atomic E-state index is 12.5. The van der Waals surface area contributed by atoms with Gasteiger partial charge in [0, 0.05) is 37.0 Å². The molecule has 0 bridgehead atoms. The summed E-state index contributed by atoms with van der Waals surface area (Å²) in [5.41, 5.74) is 5.74. The molecule has 2 N–H and O–H groups in total. The molecule has 22 heavy (non-hydrogen) atoms. The molecule has 0 aliphatic carbocycles. The molecular formula is C14H21N5OS2. The van der Waals surface area contributed by atoms with Gasteiger partial charge in [0.05, 0.1) is 5.41 Å². The van der Waals surface area contributed by atoms with Gasteiger partial charge in [0.25, 0.3) is 0 Å². The number of carbonyl (C=O) groups excluding carboxylic acids is 1. The van der Waals surface area contributed by atoms with Crippen LogP contribution in [0.4, 0.5) is 5.13 Å². The number of amides is 1. The first-order chi connectivity index (χ1) is 10.4. The Kier molecular flexibility index (Phi) is 6.76. The van der Waals surface area contributed by atoms with Gasteiger partial charge >= 0.3 is 0 Å². The molecule has 0 fully saturated rings. The van der Waals surface area contributed by atoms with Crippen LogP contribution >= 0.6 is 23.1 Å². The normalized spacial score (nSPS) is 12.6. The number of anilines is 1. The number of nitrogens with zero attached hydrogens (tertiary/aromatic N) is 4. The fourth-order valence-electron chi connectivity index (χ4n) is 1.73. The number of rotatable bonds is 7. The van der Waals surface area contributed by atoms with E-state index in [-0.39, 0.29) is 5.91 Å². The maximum Gasteiger partial charge on any atom is 0.235 e. The number of aromatic nitrogens is 2. The van der Waals surface area contributed by atoms with Gasteiger partial charge in [-0.1, -0.05) is 31.8 Å². The van der Waals surface area contributed by atoms with E-state index in [4.69, 9.17) is 5.73 Å². The summed E-state index contributed by atoms with van der Waals surface area (Å²) in [7, 11) is 1.71. The smallest absolute Gasteiger partial charge is 0.235 e. The lowest BCUT2D eigenvalue weighted by Crippen LogP contribution is -2.40. The number of nitrogens with two attached hydrogens (primary N) is 1. The molecule has 0 atom stereocenters. The van der Waals surface area contributed by atoms with Crippen molar-refractivity contribution in [1.82, 2.24) is 10.2 Å². The molecule has 0 saturated heterocycles. The summed E-state index contributed by atoms with van der Waals surface area (Å²) in [5, 5.41) is 9.27. The largest absolute Gasteiger partial charge is 0.404 e. The molecule has 0 spiro atoms. The minimum absolute atomic E-state index is 0.00240. The highest BCUT2D eigenvalue weighted by molar-refractivity contribution is 7.98. The van der Waals surface area contributed by atoms with E-state index in [9.17, 15) is 4.79 Å². The number of carbonyl (C=O) groups is 1. The molecule has 1 rings (SSSR count). The first kappa shape index (κ1) is 18.4. The fraction of sp³-hybridized carbons (Fsp3) is 0.429. The third-order valence-electron chi connectivity index (χ3n) is 2.84. The van der Waals surface area contributed by atoms with Crippen molar-refractivity contribution in [2.24, 2.45) is 16.1 Å². The van der Waals surface area contributed by atoms with Crippen LogP contribution in [-0.2, 0) is 4.79 Å². The number of aliphatic imine (C=N–C) groups is 1. The van der Waals surface area contributed by atoms with Crippen molar-refractivity contribution in [1.29, 1.82) is 0 Å². The van der Waals surface area contributed by atoms with Crippen LogP contribution in [0.3, 0.4) is 0 Å². The van der Waals surface area contributed by atoms with Gasteiger partial charge in [-0.3, -0.25) is 14.7 Å². The molecule has 6 nitrogen and oxygen atoms in total. The Morgan fingerprint density at radius 1 is 1.55 bits per heavy atom. The van der Waals surface area contributed by atoms with Gasteiger partial charge in [0.1, 0.15) is 0 Å². The van der Waals surface area contributed by atoms with Crippen molar-refractivity contribution >= 4 is 45.9 Å². The molecular weight excluding hydrogens is 318 g/mol. The third kappa shape index (κ3) is 4.41. The Morgan fingerprint density at radius 2 is 2.23 bits per heavy atom. The monoisotopic (exact) mass is 339 g/mol. The Morgan fingerprint density at radius 3 is 2.77 bits per heavy atom. The zero-order valence-electron chi connectivity index (χ0n) is 13.2. The van der Waals surface area contributed by atoms with Gasteiger partial charge in [0.2, 0.25) is 11.0 Å². The zero-order valence-corrected chi connectivity index (χ0v) is 14.9. The van der Waals surface area contributed by atoms with Crippen LogP contribution in [-0.4, -0.2) is 41.4 Å². The first-order valence-electron chi connectivity index (χ1n) is 6.54. The van der Waals surface area contributed by atoms with Gasteiger partial charge in [0.15, 0.2) is 5.01 Å². The first-order valence-corrected chi connectivity index (χ1v) is 8.75. The number of hydrogen-bond donors (Lipinski definition) is 1. The van der Waals surface area contributed by atoms with Crippen LogP contribution < -0.4 is 10.6 Å². The van der Waals surface area contributed by atoms with Crippen LogP contribution in [0.5, 0.6) is 0 Å². The Labute approximate surface area is 139 Å². The van der Waals surface area contributed by atoms with Crippen molar-refractivity contribution < 1.29 is 4.79 Å². The van der Waals surface area contributed by atoms with E-state index >= 15 is 0 Å². The van der Waals surface area contributed by atoms with Crippen molar-refractivity contribution in [2.75, 3.05) is 24.0 Å². The lowest BCUT2D eigenvalue weighted by Gasteiger charge is -2.26. The molecule has 0 aliphatic rings. The molecule has 0 unspecified atom stereocenters. The standard InChI is InChI=1S/C14H21N5OS2/c1-6-16-8-10(7-15)11-17-18-13(22-11)19(4)12(20)14(2,3)9-21-5/h6-8H,1,9,15H2,2-5H3/b10-7+,16-8?. The lowest BCUT2D eigenvalue weighted by molar-refractivity contribution is -0.125. The van der Waals surface area contributed by atoms with E-state index in [0.29, 0.717) is 15.7 Å². The quantitative estimate of drug-likeness (QED) is 0.771. The molecule has 8 heteroatoms. The summed E-state index contributed by atoms with van der Waals surface area (Å²) in [5.74, 6) is 0.740. The molecule has 0 radical (unpaired) electrons. The van der Waals surface area contributed by atoms with E-state index in [1.807, 2.05) is 20.1 Å². The molecule has 1 heterocycles. The van der Waals surface area contributed by atoms with Gasteiger partial charge < -0.3 is 5.73 Å². The van der Waals surface area contributed by atoms with Crippen molar-refractivity contribution in [2.45, 2.75) is 13.8 Å². The molecule has 0 aromatic carbocycles. The lowest BCUT2D eigenvalue weighted by atomic mass is 9.95. The van der Waals surface area contributed by atoms with Crippen LogP contribution in [0.2, 0.25) is 0 Å². The van der Waals surface area contributed by atoms with Crippen molar-refractivity contribution in [3.63, 3.8) is 0 Å². The summed E-state index contributed by atoms with van der Waals surface area (Å²) in [6, 6.07) is 0. The second-order valence-electron chi connectivity index (χ2n) is 5.15. The highest BCUT2D eigenvalue weighted by Crippen LogP contribution is 2.29. The van der Waals surface area contributed by atoms with Gasteiger partial charge in [-0.2, -0.15) is 11.8 Å². The number of hydrogen-bond acceptors (Lipinski definition) is 7. The van der Waals surface area contributed by atoms with E-state index in [1.54, 1.807) is 25.0 Å². The topological polar surface area (TPSA) is 84.5 Å². The average molecular weight is 339 g/mol.